The summed E-state index contributed by atoms with van der Waals surface area (Å²) >= 11 is 0. The molecule has 0 unspecified atom stereocenters. The lowest BCUT2D eigenvalue weighted by molar-refractivity contribution is 0.0600. The Labute approximate surface area is 126 Å². The molecule has 116 valence electrons. The van der Waals surface area contributed by atoms with Crippen LogP contribution in [0, 0.1) is 0 Å². The van der Waals surface area contributed by atoms with Gasteiger partial charge in [0, 0.05) is 13.2 Å². The van der Waals surface area contributed by atoms with E-state index in [4.69, 9.17) is 9.47 Å². The van der Waals surface area contributed by atoms with Crippen LogP contribution in [0.1, 0.15) is 37.0 Å². The van der Waals surface area contributed by atoms with Crippen molar-refractivity contribution in [3.8, 4) is 5.75 Å². The molecule has 1 aromatic rings. The lowest BCUT2D eigenvalue weighted by Crippen LogP contribution is -2.01. The molecule has 0 amide bonds. The Hall–Kier alpha value is -1.81. The van der Waals surface area contributed by atoms with Crippen LogP contribution in [-0.4, -0.2) is 32.9 Å². The van der Waals surface area contributed by atoms with Gasteiger partial charge in [-0.2, -0.15) is 0 Å². The second kappa shape index (κ2) is 10.00. The minimum Gasteiger partial charge on any atom is -0.490 e. The smallest absolute Gasteiger partial charge is 0.337 e. The van der Waals surface area contributed by atoms with E-state index in [1.165, 1.54) is 12.7 Å². The van der Waals surface area contributed by atoms with E-state index in [0.29, 0.717) is 12.2 Å². The average Bonchev–Trinajstić information content (AvgIpc) is 2.51. The number of rotatable bonds is 9. The normalized spacial score (nSPS) is 11.3. The average molecular weight is 292 g/mol. The lowest BCUT2D eigenvalue weighted by atomic mass is 10.1. The maximum atomic E-state index is 11.3. The van der Waals surface area contributed by atoms with Crippen LogP contribution in [0.25, 0.3) is 0 Å². The molecule has 1 rings (SSSR count). The Morgan fingerprint density at radius 2 is 1.95 bits per heavy atom. The van der Waals surface area contributed by atoms with Crippen LogP contribution < -0.4 is 4.74 Å². The third-order valence-corrected chi connectivity index (χ3v) is 3.02. The Bertz CT molecular complexity index is 448. The number of benzene rings is 1. The van der Waals surface area contributed by atoms with Gasteiger partial charge >= 0.3 is 5.97 Å². The molecular weight excluding hydrogens is 268 g/mol. The van der Waals surface area contributed by atoms with E-state index in [2.05, 4.69) is 17.7 Å². The van der Waals surface area contributed by atoms with E-state index in [-0.39, 0.29) is 5.97 Å². The SMILES string of the molecule is CCOCCC/C(C)=C/COc1ccc(C(=O)OC)cc1. The van der Waals surface area contributed by atoms with E-state index in [1.807, 2.05) is 6.92 Å². The highest BCUT2D eigenvalue weighted by atomic mass is 16.5. The van der Waals surface area contributed by atoms with Gasteiger partial charge in [0.05, 0.1) is 12.7 Å². The molecule has 0 aliphatic rings. The van der Waals surface area contributed by atoms with Gasteiger partial charge < -0.3 is 14.2 Å². The summed E-state index contributed by atoms with van der Waals surface area (Å²) in [7, 11) is 1.37. The van der Waals surface area contributed by atoms with Gasteiger partial charge in [-0.05, 0) is 57.0 Å². The first kappa shape index (κ1) is 17.2. The summed E-state index contributed by atoms with van der Waals surface area (Å²) in [6.07, 6.45) is 4.12. The molecule has 4 heteroatoms. The molecule has 0 aromatic heterocycles. The fourth-order valence-electron chi connectivity index (χ4n) is 1.78. The first-order valence-electron chi connectivity index (χ1n) is 7.22. The van der Waals surface area contributed by atoms with Gasteiger partial charge in [-0.3, -0.25) is 0 Å². The highest BCUT2D eigenvalue weighted by molar-refractivity contribution is 5.89. The largest absolute Gasteiger partial charge is 0.490 e. The summed E-state index contributed by atoms with van der Waals surface area (Å²) in [5.41, 5.74) is 1.81. The number of hydrogen-bond donors (Lipinski definition) is 0. The van der Waals surface area contributed by atoms with E-state index in [9.17, 15) is 4.79 Å². The van der Waals surface area contributed by atoms with Crippen LogP contribution in [0.5, 0.6) is 5.75 Å². The number of ether oxygens (including phenoxy) is 3. The molecule has 0 radical (unpaired) electrons. The van der Waals surface area contributed by atoms with Crippen molar-refractivity contribution in [3.05, 3.63) is 41.5 Å². The fraction of sp³-hybridized carbons (Fsp3) is 0.471. The van der Waals surface area contributed by atoms with Gasteiger partial charge in [0.1, 0.15) is 12.4 Å². The second-order valence-electron chi connectivity index (χ2n) is 4.68. The molecule has 0 spiro atoms. The van der Waals surface area contributed by atoms with Crippen LogP contribution in [0.3, 0.4) is 0 Å². The minimum absolute atomic E-state index is 0.341. The van der Waals surface area contributed by atoms with Crippen LogP contribution in [0.2, 0.25) is 0 Å². The molecule has 0 saturated heterocycles. The Kier molecular flexibility index (Phi) is 8.21. The monoisotopic (exact) mass is 292 g/mol. The summed E-state index contributed by atoms with van der Waals surface area (Å²) in [6.45, 7) is 6.20. The Morgan fingerprint density at radius 1 is 1.24 bits per heavy atom. The summed E-state index contributed by atoms with van der Waals surface area (Å²) in [5.74, 6) is 0.396. The third-order valence-electron chi connectivity index (χ3n) is 3.02. The summed E-state index contributed by atoms with van der Waals surface area (Å²) < 4.78 is 15.6. The summed E-state index contributed by atoms with van der Waals surface area (Å²) in [6, 6.07) is 6.93. The maximum Gasteiger partial charge on any atom is 0.337 e. The molecule has 0 N–H and O–H groups in total. The van der Waals surface area contributed by atoms with E-state index in [0.717, 1.165) is 31.8 Å². The third kappa shape index (κ3) is 6.95. The van der Waals surface area contributed by atoms with Crippen LogP contribution in [0.15, 0.2) is 35.9 Å². The van der Waals surface area contributed by atoms with Gasteiger partial charge in [-0.15, -0.1) is 0 Å². The Morgan fingerprint density at radius 3 is 2.57 bits per heavy atom. The van der Waals surface area contributed by atoms with Crippen molar-refractivity contribution in [1.29, 1.82) is 0 Å². The van der Waals surface area contributed by atoms with E-state index >= 15 is 0 Å². The summed E-state index contributed by atoms with van der Waals surface area (Å²) in [5, 5.41) is 0. The van der Waals surface area contributed by atoms with E-state index < -0.39 is 0 Å². The number of esters is 1. The van der Waals surface area contributed by atoms with Gasteiger partial charge in [0.15, 0.2) is 0 Å². The number of allylic oxidation sites excluding steroid dienone is 1. The fourth-order valence-corrected chi connectivity index (χ4v) is 1.78. The molecule has 4 nitrogen and oxygen atoms in total. The number of methoxy groups -OCH3 is 1. The van der Waals surface area contributed by atoms with Crippen molar-refractivity contribution in [2.45, 2.75) is 26.7 Å². The molecular formula is C17H24O4. The van der Waals surface area contributed by atoms with Crippen LogP contribution >= 0.6 is 0 Å². The minimum atomic E-state index is -0.341. The molecule has 0 fully saturated rings. The van der Waals surface area contributed by atoms with Gasteiger partial charge in [0.2, 0.25) is 0 Å². The first-order valence-corrected chi connectivity index (χ1v) is 7.22. The van der Waals surface area contributed by atoms with Crippen molar-refractivity contribution in [2.24, 2.45) is 0 Å². The number of carbonyl (C=O) groups is 1. The second-order valence-corrected chi connectivity index (χ2v) is 4.68. The zero-order valence-corrected chi connectivity index (χ0v) is 13.1. The number of hydrogen-bond acceptors (Lipinski definition) is 4. The quantitative estimate of drug-likeness (QED) is 0.396. The van der Waals surface area contributed by atoms with E-state index in [1.54, 1.807) is 24.3 Å². The summed E-state index contributed by atoms with van der Waals surface area (Å²) in [4.78, 5) is 11.3. The predicted molar refractivity (Wildman–Crippen MR) is 82.8 cm³/mol. The molecule has 0 bridgehead atoms. The lowest BCUT2D eigenvalue weighted by Gasteiger charge is -2.06. The van der Waals surface area contributed by atoms with Crippen molar-refractivity contribution in [3.63, 3.8) is 0 Å². The number of carbonyl (C=O) groups excluding carboxylic acids is 1. The van der Waals surface area contributed by atoms with Crippen molar-refractivity contribution in [1.82, 2.24) is 0 Å². The van der Waals surface area contributed by atoms with Gasteiger partial charge in [-0.25, -0.2) is 4.79 Å². The molecule has 0 aliphatic carbocycles. The van der Waals surface area contributed by atoms with Crippen LogP contribution in [0.4, 0.5) is 0 Å². The van der Waals surface area contributed by atoms with Crippen LogP contribution in [-0.2, 0) is 9.47 Å². The molecule has 1 aromatic carbocycles. The highest BCUT2D eigenvalue weighted by Crippen LogP contribution is 2.13. The first-order chi connectivity index (χ1) is 10.2. The van der Waals surface area contributed by atoms with Gasteiger partial charge in [-0.1, -0.05) is 5.57 Å². The molecule has 0 atom stereocenters. The zero-order chi connectivity index (χ0) is 15.5. The Balaban J connectivity index is 2.32. The topological polar surface area (TPSA) is 44.8 Å². The maximum absolute atomic E-state index is 11.3. The highest BCUT2D eigenvalue weighted by Gasteiger charge is 2.04. The molecule has 0 aliphatic heterocycles. The predicted octanol–water partition coefficient (Wildman–Crippen LogP) is 3.62. The van der Waals surface area contributed by atoms with Crippen molar-refractivity contribution >= 4 is 5.97 Å². The molecule has 0 heterocycles. The molecule has 0 saturated carbocycles. The zero-order valence-electron chi connectivity index (χ0n) is 13.1. The van der Waals surface area contributed by atoms with Gasteiger partial charge in [0.25, 0.3) is 0 Å². The van der Waals surface area contributed by atoms with Crippen molar-refractivity contribution in [2.75, 3.05) is 26.9 Å². The van der Waals surface area contributed by atoms with Crippen molar-refractivity contribution < 1.29 is 19.0 Å². The molecule has 21 heavy (non-hydrogen) atoms. The standard InChI is InChI=1S/C17H24O4/c1-4-20-12-5-6-14(2)11-13-21-16-9-7-15(8-10-16)17(18)19-3/h7-11H,4-6,12-13H2,1-3H3/b14-11+.